The molecule has 0 aliphatic carbocycles. The van der Waals surface area contributed by atoms with Gasteiger partial charge in [0.1, 0.15) is 0 Å². The van der Waals surface area contributed by atoms with Gasteiger partial charge in [-0.3, -0.25) is 28.9 Å². The van der Waals surface area contributed by atoms with Gasteiger partial charge in [0.25, 0.3) is 17.7 Å². The number of imide groups is 1. The number of methoxy groups -OCH3 is 1. The molecule has 2 aromatic rings. The molecular weight excluding hydrogens is 458 g/mol. The summed E-state index contributed by atoms with van der Waals surface area (Å²) in [6, 6.07) is 8.09. The second kappa shape index (κ2) is 10.7. The molecule has 0 unspecified atom stereocenters. The Hall–Kier alpha value is -4.41. The molecule has 1 aliphatic rings. The van der Waals surface area contributed by atoms with Gasteiger partial charge in [0.05, 0.1) is 37.3 Å². The summed E-state index contributed by atoms with van der Waals surface area (Å²) in [6.45, 7) is 4.56. The van der Waals surface area contributed by atoms with Crippen LogP contribution in [-0.2, 0) is 19.2 Å². The number of nitrogens with one attached hydrogen (secondary N) is 2. The molecule has 11 nitrogen and oxygen atoms in total. The number of nitrogens with zero attached hydrogens (tertiary/aromatic N) is 1. The van der Waals surface area contributed by atoms with Crippen LogP contribution in [0.1, 0.15) is 59.5 Å². The number of rotatable bonds is 8. The van der Waals surface area contributed by atoms with E-state index in [0.717, 1.165) is 11.8 Å². The standard InChI is InChI=1S/C24H25N3O8/c1-5-34-21-10-15(6-9-20(21)33-4)19(12-22(30)26-35-14(3)29)27-23(31)17-8-7-16(25-13(2)28)11-18(17)24(27)32/h6-11,19H,5,12H2,1-4H3,(H,25,28)(H,26,30)/t19-/m1/s1. The molecule has 1 heterocycles. The van der Waals surface area contributed by atoms with Crippen LogP contribution >= 0.6 is 0 Å². The summed E-state index contributed by atoms with van der Waals surface area (Å²) in [5.74, 6) is -2.25. The van der Waals surface area contributed by atoms with Crippen LogP contribution in [0.5, 0.6) is 11.5 Å². The van der Waals surface area contributed by atoms with Gasteiger partial charge < -0.3 is 19.6 Å². The Morgan fingerprint density at radius 2 is 1.69 bits per heavy atom. The van der Waals surface area contributed by atoms with E-state index in [9.17, 15) is 24.0 Å². The Bertz CT molecular complexity index is 1190. The summed E-state index contributed by atoms with van der Waals surface area (Å²) < 4.78 is 10.9. The smallest absolute Gasteiger partial charge is 0.329 e. The number of amides is 4. The zero-order valence-corrected chi connectivity index (χ0v) is 19.7. The number of fused-ring (bicyclic) bond motifs is 1. The molecule has 0 saturated heterocycles. The van der Waals surface area contributed by atoms with Crippen molar-refractivity contribution in [3.63, 3.8) is 0 Å². The molecule has 184 valence electrons. The maximum absolute atomic E-state index is 13.4. The average Bonchev–Trinajstić information content (AvgIpc) is 3.05. The van der Waals surface area contributed by atoms with Crippen LogP contribution in [0.4, 0.5) is 5.69 Å². The lowest BCUT2D eigenvalue weighted by molar-refractivity contribution is -0.156. The quantitative estimate of drug-likeness (QED) is 0.431. The van der Waals surface area contributed by atoms with Gasteiger partial charge in [-0.25, -0.2) is 0 Å². The van der Waals surface area contributed by atoms with E-state index in [4.69, 9.17) is 9.47 Å². The molecule has 1 atom stereocenters. The van der Waals surface area contributed by atoms with Crippen molar-refractivity contribution >= 4 is 35.3 Å². The minimum absolute atomic E-state index is 0.0881. The Balaban J connectivity index is 2.03. The van der Waals surface area contributed by atoms with Crippen molar-refractivity contribution in [3.8, 4) is 11.5 Å². The van der Waals surface area contributed by atoms with Crippen LogP contribution in [0.2, 0.25) is 0 Å². The topological polar surface area (TPSA) is 140 Å². The lowest BCUT2D eigenvalue weighted by atomic mass is 10.0. The summed E-state index contributed by atoms with van der Waals surface area (Å²) in [7, 11) is 1.47. The maximum Gasteiger partial charge on any atom is 0.329 e. The van der Waals surface area contributed by atoms with Crippen molar-refractivity contribution in [1.29, 1.82) is 0 Å². The predicted octanol–water partition coefficient (Wildman–Crippen LogP) is 2.37. The van der Waals surface area contributed by atoms with Gasteiger partial charge in [0.15, 0.2) is 11.5 Å². The number of carbonyl (C=O) groups excluding carboxylic acids is 5. The molecule has 35 heavy (non-hydrogen) atoms. The fraction of sp³-hybridized carbons (Fsp3) is 0.292. The second-order valence-electron chi connectivity index (χ2n) is 7.60. The van der Waals surface area contributed by atoms with Crippen molar-refractivity contribution in [2.45, 2.75) is 33.2 Å². The van der Waals surface area contributed by atoms with Gasteiger partial charge in [0.2, 0.25) is 5.91 Å². The third-order valence-electron chi connectivity index (χ3n) is 5.11. The first kappa shape index (κ1) is 25.2. The summed E-state index contributed by atoms with van der Waals surface area (Å²) in [6.07, 6.45) is -0.394. The molecule has 1 aliphatic heterocycles. The number of hydrogen-bond donors (Lipinski definition) is 2. The van der Waals surface area contributed by atoms with Gasteiger partial charge >= 0.3 is 5.97 Å². The van der Waals surface area contributed by atoms with Crippen molar-refractivity contribution in [1.82, 2.24) is 10.4 Å². The lowest BCUT2D eigenvalue weighted by Gasteiger charge is -2.27. The minimum atomic E-state index is -1.06. The molecule has 11 heteroatoms. The summed E-state index contributed by atoms with van der Waals surface area (Å²) in [4.78, 5) is 67.2. The van der Waals surface area contributed by atoms with Crippen molar-refractivity contribution in [3.05, 3.63) is 53.1 Å². The third kappa shape index (κ3) is 5.57. The maximum atomic E-state index is 13.4. The van der Waals surface area contributed by atoms with E-state index in [1.807, 2.05) is 5.48 Å². The zero-order valence-electron chi connectivity index (χ0n) is 19.7. The van der Waals surface area contributed by atoms with Crippen LogP contribution in [0, 0.1) is 0 Å². The van der Waals surface area contributed by atoms with Crippen LogP contribution in [0.3, 0.4) is 0 Å². The number of benzene rings is 2. The van der Waals surface area contributed by atoms with E-state index < -0.39 is 36.2 Å². The van der Waals surface area contributed by atoms with Gasteiger partial charge in [-0.2, -0.15) is 5.48 Å². The second-order valence-corrected chi connectivity index (χ2v) is 7.60. The minimum Gasteiger partial charge on any atom is -0.493 e. The van der Waals surface area contributed by atoms with E-state index in [-0.39, 0.29) is 17.0 Å². The van der Waals surface area contributed by atoms with E-state index in [0.29, 0.717) is 29.4 Å². The van der Waals surface area contributed by atoms with Crippen LogP contribution in [0.15, 0.2) is 36.4 Å². The van der Waals surface area contributed by atoms with E-state index in [2.05, 4.69) is 10.2 Å². The summed E-state index contributed by atoms with van der Waals surface area (Å²) in [5, 5.41) is 2.58. The van der Waals surface area contributed by atoms with Crippen LogP contribution in [-0.4, -0.2) is 48.2 Å². The number of carbonyl (C=O) groups is 5. The molecule has 0 fully saturated rings. The average molecular weight is 483 g/mol. The van der Waals surface area contributed by atoms with Gasteiger partial charge in [-0.15, -0.1) is 0 Å². The highest BCUT2D eigenvalue weighted by Gasteiger charge is 2.42. The number of hydroxylamine groups is 1. The van der Waals surface area contributed by atoms with Crippen LogP contribution in [0.25, 0.3) is 0 Å². The van der Waals surface area contributed by atoms with E-state index in [1.54, 1.807) is 25.1 Å². The van der Waals surface area contributed by atoms with E-state index >= 15 is 0 Å². The Morgan fingerprint density at radius 1 is 0.971 bits per heavy atom. The molecule has 0 spiro atoms. The first-order valence-corrected chi connectivity index (χ1v) is 10.7. The molecule has 4 amide bonds. The Labute approximate surface area is 201 Å². The number of anilines is 1. The number of hydrogen-bond acceptors (Lipinski definition) is 8. The first-order valence-electron chi connectivity index (χ1n) is 10.7. The van der Waals surface area contributed by atoms with Gasteiger partial charge in [0, 0.05) is 19.5 Å². The molecule has 0 aromatic heterocycles. The van der Waals surface area contributed by atoms with Crippen molar-refractivity contribution < 1.29 is 38.3 Å². The fourth-order valence-corrected chi connectivity index (χ4v) is 3.70. The highest BCUT2D eigenvalue weighted by atomic mass is 16.7. The zero-order chi connectivity index (χ0) is 25.7. The number of ether oxygens (including phenoxy) is 2. The molecule has 2 aromatic carbocycles. The van der Waals surface area contributed by atoms with Crippen molar-refractivity contribution in [2.24, 2.45) is 0 Å². The Kier molecular flexibility index (Phi) is 7.69. The molecule has 2 N–H and O–H groups in total. The SMILES string of the molecule is CCOc1cc([C@@H](CC(=O)NOC(C)=O)N2C(=O)c3ccc(NC(C)=O)cc3C2=O)ccc1OC. The molecule has 0 radical (unpaired) electrons. The molecular formula is C24H25N3O8. The molecule has 0 saturated carbocycles. The highest BCUT2D eigenvalue weighted by molar-refractivity contribution is 6.22. The van der Waals surface area contributed by atoms with E-state index in [1.165, 1.54) is 32.2 Å². The van der Waals surface area contributed by atoms with Crippen LogP contribution < -0.4 is 20.3 Å². The molecule has 3 rings (SSSR count). The third-order valence-corrected chi connectivity index (χ3v) is 5.11. The summed E-state index contributed by atoms with van der Waals surface area (Å²) in [5.41, 5.74) is 3.00. The summed E-state index contributed by atoms with van der Waals surface area (Å²) >= 11 is 0. The lowest BCUT2D eigenvalue weighted by Crippen LogP contribution is -2.38. The Morgan fingerprint density at radius 3 is 2.31 bits per heavy atom. The molecule has 0 bridgehead atoms. The normalized spacial score (nSPS) is 13.1. The van der Waals surface area contributed by atoms with Gasteiger partial charge in [-0.1, -0.05) is 6.07 Å². The largest absolute Gasteiger partial charge is 0.493 e. The van der Waals surface area contributed by atoms with Gasteiger partial charge in [-0.05, 0) is 42.8 Å². The first-order chi connectivity index (χ1) is 16.7. The fourth-order valence-electron chi connectivity index (χ4n) is 3.70. The monoisotopic (exact) mass is 483 g/mol. The predicted molar refractivity (Wildman–Crippen MR) is 123 cm³/mol. The highest BCUT2D eigenvalue weighted by Crippen LogP contribution is 2.38. The van der Waals surface area contributed by atoms with Crippen molar-refractivity contribution in [2.75, 3.05) is 19.0 Å².